The molecule has 1 aliphatic rings. The number of nitrogen functional groups attached to an aromatic ring is 1. The van der Waals surface area contributed by atoms with Crippen molar-refractivity contribution in [1.82, 2.24) is 10.3 Å². The van der Waals surface area contributed by atoms with E-state index in [1.165, 1.54) is 0 Å². The molecule has 1 aromatic carbocycles. The second-order valence-electron chi connectivity index (χ2n) is 8.35. The fraction of sp³-hybridized carbons (Fsp3) is 0.522. The number of nitrogens with two attached hydrogens (primary N) is 1. The first-order valence-corrected chi connectivity index (χ1v) is 10.6. The number of rotatable bonds is 6. The Kier molecular flexibility index (Phi) is 6.48. The summed E-state index contributed by atoms with van der Waals surface area (Å²) in [4.78, 5) is 28.1. The number of ether oxygens (including phenoxy) is 1. The molecule has 1 heterocycles. The minimum atomic E-state index is -1.09. The zero-order valence-corrected chi connectivity index (χ0v) is 18.1. The van der Waals surface area contributed by atoms with Crippen LogP contribution in [0.1, 0.15) is 68.1 Å². The maximum Gasteiger partial charge on any atom is 0.339 e. The highest BCUT2D eigenvalue weighted by Crippen LogP contribution is 2.38. The van der Waals surface area contributed by atoms with Crippen molar-refractivity contribution in [2.45, 2.75) is 71.9 Å². The first-order valence-electron chi connectivity index (χ1n) is 10.6. The van der Waals surface area contributed by atoms with E-state index in [-0.39, 0.29) is 35.2 Å². The smallest absolute Gasteiger partial charge is 0.339 e. The number of carboxylic acid groups (broad SMARTS) is 1. The molecular formula is C23H31N3O4. The molecule has 3 rings (SSSR count). The monoisotopic (exact) mass is 413 g/mol. The van der Waals surface area contributed by atoms with Gasteiger partial charge in [-0.05, 0) is 50.7 Å². The fourth-order valence-electron chi connectivity index (χ4n) is 4.07. The number of hydrogen-bond acceptors (Lipinski definition) is 5. The molecule has 1 saturated carbocycles. The fourth-order valence-corrected chi connectivity index (χ4v) is 4.07. The molecule has 0 atom stereocenters. The summed E-state index contributed by atoms with van der Waals surface area (Å²) in [6, 6.07) is 4.01. The SMILES string of the molecule is CCc1ccc2nc(C)c(C(=O)O)c(N)c2c1OC1CCC(NC(=O)C(C)C)CC1. The number of hydrogen-bond donors (Lipinski definition) is 3. The Bertz CT molecular complexity index is 963. The highest BCUT2D eigenvalue weighted by atomic mass is 16.5. The summed E-state index contributed by atoms with van der Waals surface area (Å²) >= 11 is 0. The van der Waals surface area contributed by atoms with E-state index in [4.69, 9.17) is 10.5 Å². The van der Waals surface area contributed by atoms with E-state index < -0.39 is 5.97 Å². The summed E-state index contributed by atoms with van der Waals surface area (Å²) in [5.41, 5.74) is 8.55. The zero-order chi connectivity index (χ0) is 22.0. The van der Waals surface area contributed by atoms with Gasteiger partial charge in [0, 0.05) is 12.0 Å². The van der Waals surface area contributed by atoms with Gasteiger partial charge in [0.2, 0.25) is 5.91 Å². The van der Waals surface area contributed by atoms with E-state index >= 15 is 0 Å². The minimum Gasteiger partial charge on any atom is -0.489 e. The van der Waals surface area contributed by atoms with Gasteiger partial charge in [-0.2, -0.15) is 0 Å². The quantitative estimate of drug-likeness (QED) is 0.663. The number of aryl methyl sites for hydroxylation is 2. The van der Waals surface area contributed by atoms with Crippen LogP contribution in [0.15, 0.2) is 12.1 Å². The van der Waals surface area contributed by atoms with Gasteiger partial charge < -0.3 is 20.9 Å². The van der Waals surface area contributed by atoms with Gasteiger partial charge in [-0.15, -0.1) is 0 Å². The topological polar surface area (TPSA) is 115 Å². The van der Waals surface area contributed by atoms with Crippen molar-refractivity contribution in [3.05, 3.63) is 29.0 Å². The molecule has 7 nitrogen and oxygen atoms in total. The summed E-state index contributed by atoms with van der Waals surface area (Å²) in [6.45, 7) is 7.47. The Labute approximate surface area is 177 Å². The molecule has 0 spiro atoms. The van der Waals surface area contributed by atoms with Gasteiger partial charge in [-0.1, -0.05) is 26.8 Å². The van der Waals surface area contributed by atoms with Crippen molar-refractivity contribution in [2.75, 3.05) is 5.73 Å². The second-order valence-corrected chi connectivity index (χ2v) is 8.35. The summed E-state index contributed by atoms with van der Waals surface area (Å²) in [5, 5.41) is 13.3. The zero-order valence-electron chi connectivity index (χ0n) is 18.1. The van der Waals surface area contributed by atoms with Gasteiger partial charge in [0.1, 0.15) is 11.3 Å². The Morgan fingerprint density at radius 2 is 1.93 bits per heavy atom. The summed E-state index contributed by atoms with van der Waals surface area (Å²) < 4.78 is 6.42. The standard InChI is InChI=1S/C23H31N3O4/c1-5-14-6-11-17-19(20(24)18(23(28)29)13(4)25-17)21(14)30-16-9-7-15(8-10-16)26-22(27)12(2)3/h6,11-12,15-16H,5,7-10H2,1-4H3,(H2,24,25)(H,26,27)(H,28,29). The highest BCUT2D eigenvalue weighted by Gasteiger charge is 2.27. The van der Waals surface area contributed by atoms with Gasteiger partial charge in [0.25, 0.3) is 0 Å². The van der Waals surface area contributed by atoms with Crippen molar-refractivity contribution in [1.29, 1.82) is 0 Å². The van der Waals surface area contributed by atoms with Crippen LogP contribution in [0.25, 0.3) is 10.9 Å². The molecule has 162 valence electrons. The number of aromatic nitrogens is 1. The molecule has 1 aromatic heterocycles. The summed E-state index contributed by atoms with van der Waals surface area (Å²) in [5.74, 6) is -0.396. The predicted molar refractivity (Wildman–Crippen MR) is 117 cm³/mol. The molecule has 4 N–H and O–H groups in total. The Balaban J connectivity index is 1.88. The third kappa shape index (κ3) is 4.35. The number of pyridine rings is 1. The lowest BCUT2D eigenvalue weighted by molar-refractivity contribution is -0.125. The Hall–Kier alpha value is -2.83. The molecule has 0 radical (unpaired) electrons. The number of amides is 1. The second kappa shape index (κ2) is 8.90. The van der Waals surface area contributed by atoms with Crippen molar-refractivity contribution in [2.24, 2.45) is 5.92 Å². The van der Waals surface area contributed by atoms with Crippen LogP contribution < -0.4 is 15.8 Å². The van der Waals surface area contributed by atoms with E-state index in [0.717, 1.165) is 37.7 Å². The van der Waals surface area contributed by atoms with Crippen LogP contribution in [0.2, 0.25) is 0 Å². The highest BCUT2D eigenvalue weighted by molar-refractivity contribution is 6.07. The largest absolute Gasteiger partial charge is 0.489 e. The third-order valence-corrected chi connectivity index (χ3v) is 5.83. The Morgan fingerprint density at radius 3 is 2.50 bits per heavy atom. The van der Waals surface area contributed by atoms with Gasteiger partial charge in [-0.3, -0.25) is 9.78 Å². The number of benzene rings is 1. The number of nitrogens with one attached hydrogen (secondary N) is 1. The van der Waals surface area contributed by atoms with Gasteiger partial charge in [0.05, 0.1) is 28.4 Å². The van der Waals surface area contributed by atoms with Gasteiger partial charge in [0.15, 0.2) is 0 Å². The number of carbonyl (C=O) groups excluding carboxylic acids is 1. The van der Waals surface area contributed by atoms with Crippen LogP contribution in [0, 0.1) is 12.8 Å². The molecule has 2 aromatic rings. The van der Waals surface area contributed by atoms with Crippen LogP contribution in [0.3, 0.4) is 0 Å². The first kappa shape index (κ1) is 21.9. The molecular weight excluding hydrogens is 382 g/mol. The Morgan fingerprint density at radius 1 is 1.27 bits per heavy atom. The lowest BCUT2D eigenvalue weighted by Gasteiger charge is -2.31. The van der Waals surface area contributed by atoms with Crippen molar-refractivity contribution in [3.8, 4) is 5.75 Å². The van der Waals surface area contributed by atoms with E-state index in [1.54, 1.807) is 6.92 Å². The van der Waals surface area contributed by atoms with Crippen molar-refractivity contribution < 1.29 is 19.4 Å². The minimum absolute atomic E-state index is 0.0120. The lowest BCUT2D eigenvalue weighted by atomic mass is 9.92. The molecule has 30 heavy (non-hydrogen) atoms. The van der Waals surface area contributed by atoms with Crippen LogP contribution in [-0.4, -0.2) is 34.1 Å². The molecule has 0 bridgehead atoms. The van der Waals surface area contributed by atoms with Gasteiger partial charge in [-0.25, -0.2) is 4.79 Å². The van der Waals surface area contributed by atoms with E-state index in [9.17, 15) is 14.7 Å². The number of aromatic carboxylic acids is 1. The normalized spacial score (nSPS) is 19.1. The van der Waals surface area contributed by atoms with E-state index in [2.05, 4.69) is 10.3 Å². The average Bonchev–Trinajstić information content (AvgIpc) is 2.68. The lowest BCUT2D eigenvalue weighted by Crippen LogP contribution is -2.41. The predicted octanol–water partition coefficient (Wildman–Crippen LogP) is 3.85. The molecule has 0 saturated heterocycles. The number of nitrogens with zero attached hydrogens (tertiary/aromatic N) is 1. The van der Waals surface area contributed by atoms with Gasteiger partial charge >= 0.3 is 5.97 Å². The van der Waals surface area contributed by atoms with Crippen LogP contribution in [0.5, 0.6) is 5.75 Å². The average molecular weight is 414 g/mol. The molecule has 1 aliphatic carbocycles. The van der Waals surface area contributed by atoms with Crippen molar-refractivity contribution >= 4 is 28.5 Å². The number of carboxylic acids is 1. The molecule has 0 unspecified atom stereocenters. The van der Waals surface area contributed by atoms with E-state index in [0.29, 0.717) is 22.3 Å². The number of anilines is 1. The maximum atomic E-state index is 12.0. The number of fused-ring (bicyclic) bond motifs is 1. The molecule has 1 amide bonds. The van der Waals surface area contributed by atoms with Crippen molar-refractivity contribution in [3.63, 3.8) is 0 Å². The molecule has 7 heteroatoms. The maximum absolute atomic E-state index is 12.0. The molecule has 0 aliphatic heterocycles. The van der Waals surface area contributed by atoms with Crippen LogP contribution >= 0.6 is 0 Å². The van der Waals surface area contributed by atoms with E-state index in [1.807, 2.05) is 32.9 Å². The summed E-state index contributed by atoms with van der Waals surface area (Å²) in [6.07, 6.45) is 4.05. The third-order valence-electron chi connectivity index (χ3n) is 5.83. The number of carbonyl (C=O) groups is 2. The molecule has 1 fully saturated rings. The van der Waals surface area contributed by atoms with Crippen LogP contribution in [-0.2, 0) is 11.2 Å². The van der Waals surface area contributed by atoms with Crippen LogP contribution in [0.4, 0.5) is 5.69 Å². The first-order chi connectivity index (χ1) is 14.2. The summed E-state index contributed by atoms with van der Waals surface area (Å²) in [7, 11) is 0.